The number of anilines is 2. The largest absolute Gasteiger partial charge is 0.393 e. The van der Waals surface area contributed by atoms with Crippen LogP contribution in [-0.4, -0.2) is 50.0 Å². The highest BCUT2D eigenvalue weighted by Gasteiger charge is 2.42. The van der Waals surface area contributed by atoms with Gasteiger partial charge >= 0.3 is 6.18 Å². The van der Waals surface area contributed by atoms with Crippen molar-refractivity contribution in [1.29, 1.82) is 0 Å². The number of rotatable bonds is 3. The number of piperidine rings is 1. The van der Waals surface area contributed by atoms with Crippen LogP contribution in [0.4, 0.5) is 24.8 Å². The summed E-state index contributed by atoms with van der Waals surface area (Å²) in [7, 11) is 0. The highest BCUT2D eigenvalue weighted by molar-refractivity contribution is 6.02. The van der Waals surface area contributed by atoms with Gasteiger partial charge in [0.1, 0.15) is 5.82 Å². The van der Waals surface area contributed by atoms with E-state index in [1.807, 2.05) is 0 Å². The Kier molecular flexibility index (Phi) is 4.57. The summed E-state index contributed by atoms with van der Waals surface area (Å²) in [5.74, 6) is -1.25. The molecule has 0 spiro atoms. The van der Waals surface area contributed by atoms with E-state index in [4.69, 9.17) is 0 Å². The number of aromatic nitrogens is 5. The molecule has 28 heavy (non-hydrogen) atoms. The van der Waals surface area contributed by atoms with Gasteiger partial charge in [0.05, 0.1) is 12.1 Å². The van der Waals surface area contributed by atoms with Gasteiger partial charge in [0.25, 0.3) is 5.91 Å². The summed E-state index contributed by atoms with van der Waals surface area (Å²) in [6.07, 6.45) is -0.871. The van der Waals surface area contributed by atoms with E-state index in [2.05, 4.69) is 25.6 Å². The predicted molar refractivity (Wildman–Crippen MR) is 94.0 cm³/mol. The van der Waals surface area contributed by atoms with E-state index in [1.165, 1.54) is 16.9 Å². The zero-order valence-electron chi connectivity index (χ0n) is 14.6. The summed E-state index contributed by atoms with van der Waals surface area (Å²) in [5, 5.41) is 14.4. The van der Waals surface area contributed by atoms with Crippen LogP contribution in [0.2, 0.25) is 0 Å². The Morgan fingerprint density at radius 3 is 2.86 bits per heavy atom. The molecule has 0 aliphatic carbocycles. The second-order valence-corrected chi connectivity index (χ2v) is 6.49. The molecule has 146 valence electrons. The highest BCUT2D eigenvalue weighted by atomic mass is 19.4. The molecule has 1 N–H and O–H groups in total. The van der Waals surface area contributed by atoms with Crippen LogP contribution in [0.1, 0.15) is 23.3 Å². The Balaban J connectivity index is 1.60. The lowest BCUT2D eigenvalue weighted by atomic mass is 9.97. The first-order valence-electron chi connectivity index (χ1n) is 8.67. The molecule has 11 heteroatoms. The van der Waals surface area contributed by atoms with E-state index >= 15 is 0 Å². The summed E-state index contributed by atoms with van der Waals surface area (Å²) in [4.78, 5) is 18.2. The lowest BCUT2D eigenvalue weighted by Crippen LogP contribution is -2.42. The summed E-state index contributed by atoms with van der Waals surface area (Å²) >= 11 is 0. The minimum Gasteiger partial charge on any atom is -0.355 e. The van der Waals surface area contributed by atoms with E-state index < -0.39 is 18.0 Å². The maximum Gasteiger partial charge on any atom is 0.393 e. The molecule has 0 radical (unpaired) electrons. The third-order valence-corrected chi connectivity index (χ3v) is 4.60. The maximum absolute atomic E-state index is 13.1. The molecule has 1 fully saturated rings. The van der Waals surface area contributed by atoms with Gasteiger partial charge in [-0.25, -0.2) is 9.50 Å². The van der Waals surface area contributed by atoms with E-state index in [0.717, 1.165) is 0 Å². The molecule has 0 saturated carbocycles. The van der Waals surface area contributed by atoms with Crippen LogP contribution in [0, 0.1) is 5.92 Å². The number of carbonyl (C=O) groups is 1. The third kappa shape index (κ3) is 3.59. The van der Waals surface area contributed by atoms with Gasteiger partial charge in [0.2, 0.25) is 0 Å². The van der Waals surface area contributed by atoms with Crippen LogP contribution in [0.25, 0.3) is 5.65 Å². The average molecular weight is 391 g/mol. The van der Waals surface area contributed by atoms with Crippen molar-refractivity contribution in [3.05, 3.63) is 42.4 Å². The number of nitrogens with zero attached hydrogens (tertiary/aromatic N) is 6. The molecule has 4 heterocycles. The normalized spacial score (nSPS) is 17.7. The smallest absolute Gasteiger partial charge is 0.355 e. The zero-order valence-corrected chi connectivity index (χ0v) is 14.6. The number of carbonyl (C=O) groups excluding carboxylic acids is 1. The Bertz CT molecular complexity index is 989. The SMILES string of the molecule is O=C(Nc1cccnn1)c1cnc2ccc(N3CCCC(C(F)(F)F)C3)nn12. The van der Waals surface area contributed by atoms with E-state index in [9.17, 15) is 18.0 Å². The van der Waals surface area contributed by atoms with Crippen LogP contribution >= 0.6 is 0 Å². The minimum atomic E-state index is -4.24. The molecule has 0 bridgehead atoms. The third-order valence-electron chi connectivity index (χ3n) is 4.60. The molecular formula is C17H16F3N7O. The molecule has 1 amide bonds. The van der Waals surface area contributed by atoms with E-state index in [0.29, 0.717) is 24.4 Å². The van der Waals surface area contributed by atoms with Crippen molar-refractivity contribution < 1.29 is 18.0 Å². The van der Waals surface area contributed by atoms with Crippen LogP contribution in [0.3, 0.4) is 0 Å². The van der Waals surface area contributed by atoms with Gasteiger partial charge in [-0.2, -0.15) is 18.3 Å². The van der Waals surface area contributed by atoms with Crippen LogP contribution in [0.5, 0.6) is 0 Å². The van der Waals surface area contributed by atoms with Gasteiger partial charge in [-0.15, -0.1) is 10.2 Å². The first kappa shape index (κ1) is 18.1. The predicted octanol–water partition coefficient (Wildman–Crippen LogP) is 2.55. The molecule has 1 aliphatic rings. The van der Waals surface area contributed by atoms with Crippen molar-refractivity contribution in [2.75, 3.05) is 23.3 Å². The summed E-state index contributed by atoms with van der Waals surface area (Å²) < 4.78 is 40.6. The summed E-state index contributed by atoms with van der Waals surface area (Å²) in [5.41, 5.74) is 0.560. The molecule has 8 nitrogen and oxygen atoms in total. The number of halogens is 3. The number of imidazole rings is 1. The van der Waals surface area contributed by atoms with Crippen molar-refractivity contribution in [3.63, 3.8) is 0 Å². The van der Waals surface area contributed by atoms with Gasteiger partial charge in [-0.3, -0.25) is 4.79 Å². The van der Waals surface area contributed by atoms with Crippen LogP contribution < -0.4 is 10.2 Å². The second kappa shape index (κ2) is 7.06. The first-order chi connectivity index (χ1) is 13.4. The number of hydrogen-bond donors (Lipinski definition) is 1. The lowest BCUT2D eigenvalue weighted by molar-refractivity contribution is -0.176. The Hall–Kier alpha value is -3.24. The van der Waals surface area contributed by atoms with Gasteiger partial charge in [-0.1, -0.05) is 0 Å². The highest BCUT2D eigenvalue weighted by Crippen LogP contribution is 2.34. The van der Waals surface area contributed by atoms with Gasteiger partial charge in [0, 0.05) is 19.3 Å². The molecular weight excluding hydrogens is 375 g/mol. The number of alkyl halides is 3. The van der Waals surface area contributed by atoms with Gasteiger partial charge in [0.15, 0.2) is 17.2 Å². The Morgan fingerprint density at radius 2 is 2.11 bits per heavy atom. The Morgan fingerprint density at radius 1 is 1.25 bits per heavy atom. The monoisotopic (exact) mass is 391 g/mol. The zero-order chi connectivity index (χ0) is 19.7. The number of hydrogen-bond acceptors (Lipinski definition) is 6. The quantitative estimate of drug-likeness (QED) is 0.738. The number of fused-ring (bicyclic) bond motifs is 1. The fourth-order valence-electron chi connectivity index (χ4n) is 3.19. The van der Waals surface area contributed by atoms with E-state index in [-0.39, 0.29) is 24.5 Å². The van der Waals surface area contributed by atoms with E-state index in [1.54, 1.807) is 29.2 Å². The van der Waals surface area contributed by atoms with Crippen molar-refractivity contribution in [2.45, 2.75) is 19.0 Å². The molecule has 3 aromatic rings. The fourth-order valence-corrected chi connectivity index (χ4v) is 3.19. The van der Waals surface area contributed by atoms with Crippen molar-refractivity contribution in [2.24, 2.45) is 5.92 Å². The van der Waals surface area contributed by atoms with Crippen molar-refractivity contribution in [1.82, 2.24) is 24.8 Å². The molecule has 3 aromatic heterocycles. The maximum atomic E-state index is 13.1. The van der Waals surface area contributed by atoms with Gasteiger partial charge < -0.3 is 10.2 Å². The summed E-state index contributed by atoms with van der Waals surface area (Å²) in [6, 6.07) is 6.45. The fraction of sp³-hybridized carbons (Fsp3) is 0.353. The topological polar surface area (TPSA) is 88.3 Å². The molecule has 1 aliphatic heterocycles. The van der Waals surface area contributed by atoms with Crippen molar-refractivity contribution in [3.8, 4) is 0 Å². The Labute approximate surface area is 157 Å². The molecule has 0 aromatic carbocycles. The standard InChI is InChI=1S/C17H16F3N7O/c18-17(19,20)11-3-2-8-26(10-11)15-6-5-14-21-9-12(27(14)25-15)16(28)23-13-4-1-7-22-24-13/h1,4-7,9,11H,2-3,8,10H2,(H,23,24,28). The molecule has 1 atom stereocenters. The molecule has 4 rings (SSSR count). The summed E-state index contributed by atoms with van der Waals surface area (Å²) in [6.45, 7) is 0.318. The van der Waals surface area contributed by atoms with Crippen molar-refractivity contribution >= 4 is 23.2 Å². The second-order valence-electron chi connectivity index (χ2n) is 6.49. The minimum absolute atomic E-state index is 0.110. The van der Waals surface area contributed by atoms with Crippen LogP contribution in [0.15, 0.2) is 36.7 Å². The van der Waals surface area contributed by atoms with Crippen LogP contribution in [-0.2, 0) is 0 Å². The number of amides is 1. The molecule has 1 saturated heterocycles. The van der Waals surface area contributed by atoms with Gasteiger partial charge in [-0.05, 0) is 37.1 Å². The molecule has 1 unspecified atom stereocenters. The average Bonchev–Trinajstić information content (AvgIpc) is 3.11. The number of nitrogens with one attached hydrogen (secondary N) is 1. The lowest BCUT2D eigenvalue weighted by Gasteiger charge is -2.34. The first-order valence-corrected chi connectivity index (χ1v) is 8.67.